The lowest BCUT2D eigenvalue weighted by Gasteiger charge is -1.88. The van der Waals surface area contributed by atoms with E-state index in [1.807, 2.05) is 0 Å². The van der Waals surface area contributed by atoms with Crippen LogP contribution < -0.4 is 5.32 Å². The highest BCUT2D eigenvalue weighted by Crippen LogP contribution is 1.99. The van der Waals surface area contributed by atoms with E-state index < -0.39 is 0 Å². The first-order chi connectivity index (χ1) is 4.43. The van der Waals surface area contributed by atoms with Crippen molar-refractivity contribution in [2.75, 3.05) is 39.3 Å². The number of nitrogens with zero attached hydrogens (tertiary/aromatic N) is 1. The quantitative estimate of drug-likeness (QED) is 0.466. The Morgan fingerprint density at radius 2 is 1.89 bits per heavy atom. The van der Waals surface area contributed by atoms with Crippen LogP contribution in [-0.4, -0.2) is 49.3 Å². The van der Waals surface area contributed by atoms with Crippen molar-refractivity contribution in [1.29, 1.82) is 0 Å². The van der Waals surface area contributed by atoms with E-state index in [1.165, 1.54) is 26.2 Å². The molecule has 0 aromatic heterocycles. The number of aliphatic hydroxyl groups is 1. The fourth-order valence-electron chi connectivity index (χ4n) is 0.436. The summed E-state index contributed by atoms with van der Waals surface area (Å²) in [5, 5.41) is 11.2. The summed E-state index contributed by atoms with van der Waals surface area (Å²) in [6, 6.07) is 0. The molecule has 0 aromatic carbocycles. The minimum absolute atomic E-state index is 0.319. The molecule has 2 aliphatic rings. The van der Waals surface area contributed by atoms with Gasteiger partial charge in [0.1, 0.15) is 0 Å². The van der Waals surface area contributed by atoms with Crippen LogP contribution in [0.5, 0.6) is 0 Å². The highest BCUT2D eigenvalue weighted by Gasteiger charge is 2.14. The molecule has 2 heterocycles. The molecule has 0 atom stereocenters. The molecule has 2 rings (SSSR count). The first kappa shape index (κ1) is 6.99. The molecule has 2 saturated heterocycles. The summed E-state index contributed by atoms with van der Waals surface area (Å²) in [6.45, 7) is 6.08. The lowest BCUT2D eigenvalue weighted by atomic mass is 10.7. The van der Waals surface area contributed by atoms with E-state index in [-0.39, 0.29) is 0 Å². The zero-order valence-corrected chi connectivity index (χ0v) is 5.64. The van der Waals surface area contributed by atoms with Gasteiger partial charge in [0.15, 0.2) is 0 Å². The van der Waals surface area contributed by atoms with Crippen molar-refractivity contribution in [2.24, 2.45) is 0 Å². The van der Waals surface area contributed by atoms with Crippen molar-refractivity contribution < 1.29 is 5.11 Å². The fraction of sp³-hybridized carbons (Fsp3) is 1.00. The monoisotopic (exact) mass is 130 g/mol. The second-order valence-corrected chi connectivity index (χ2v) is 2.32. The topological polar surface area (TPSA) is 45.2 Å². The Balaban J connectivity index is 0.000000112. The average molecular weight is 130 g/mol. The normalized spacial score (nSPS) is 22.3. The third kappa shape index (κ3) is 5.76. The summed E-state index contributed by atoms with van der Waals surface area (Å²) in [7, 11) is 0. The molecule has 0 aromatic rings. The van der Waals surface area contributed by atoms with E-state index in [4.69, 9.17) is 5.11 Å². The summed E-state index contributed by atoms with van der Waals surface area (Å²) in [5.41, 5.74) is 0. The van der Waals surface area contributed by atoms with Gasteiger partial charge >= 0.3 is 0 Å². The Bertz CT molecular complexity index is 68.7. The minimum atomic E-state index is 0.319. The summed E-state index contributed by atoms with van der Waals surface area (Å²) >= 11 is 0. The Kier molecular flexibility index (Phi) is 2.97. The van der Waals surface area contributed by atoms with Crippen LogP contribution in [-0.2, 0) is 0 Å². The molecule has 0 radical (unpaired) electrons. The molecule has 54 valence electrons. The van der Waals surface area contributed by atoms with E-state index in [0.29, 0.717) is 6.61 Å². The molecular formula is C6H14N2O. The maximum Gasteiger partial charge on any atom is 0.0558 e. The molecule has 9 heavy (non-hydrogen) atoms. The third-order valence-corrected chi connectivity index (χ3v) is 1.21. The Morgan fingerprint density at radius 1 is 1.33 bits per heavy atom. The van der Waals surface area contributed by atoms with E-state index in [2.05, 4.69) is 10.2 Å². The van der Waals surface area contributed by atoms with Gasteiger partial charge in [-0.05, 0) is 0 Å². The number of nitrogens with one attached hydrogen (secondary N) is 1. The number of hydrogen-bond acceptors (Lipinski definition) is 3. The Hall–Kier alpha value is -0.120. The first-order valence-corrected chi connectivity index (χ1v) is 3.47. The van der Waals surface area contributed by atoms with Gasteiger partial charge in [-0.2, -0.15) is 0 Å². The predicted molar refractivity (Wildman–Crippen MR) is 36.4 cm³/mol. The smallest absolute Gasteiger partial charge is 0.0558 e. The second kappa shape index (κ2) is 3.82. The minimum Gasteiger partial charge on any atom is -0.395 e. The molecule has 2 N–H and O–H groups in total. The van der Waals surface area contributed by atoms with Gasteiger partial charge in [0.2, 0.25) is 0 Å². The lowest BCUT2D eigenvalue weighted by Crippen LogP contribution is -2.02. The zero-order valence-electron chi connectivity index (χ0n) is 5.64. The van der Waals surface area contributed by atoms with Gasteiger partial charge in [0.05, 0.1) is 6.61 Å². The van der Waals surface area contributed by atoms with Crippen molar-refractivity contribution >= 4 is 0 Å². The highest BCUT2D eigenvalue weighted by molar-refractivity contribution is 4.70. The van der Waals surface area contributed by atoms with Gasteiger partial charge < -0.3 is 10.4 Å². The maximum atomic E-state index is 8.24. The standard InChI is InChI=1S/C4H9NO.C2H5N/c6-4-3-5-1-2-5;1-2-3-1/h6H,1-4H2;3H,1-2H2. The molecule has 2 fully saturated rings. The van der Waals surface area contributed by atoms with Crippen LogP contribution in [0.25, 0.3) is 0 Å². The van der Waals surface area contributed by atoms with Gasteiger partial charge in [-0.1, -0.05) is 0 Å². The molecule has 0 spiro atoms. The predicted octanol–water partition coefficient (Wildman–Crippen LogP) is -1.12. The van der Waals surface area contributed by atoms with Crippen molar-refractivity contribution in [3.63, 3.8) is 0 Å². The molecule has 0 saturated carbocycles. The van der Waals surface area contributed by atoms with Crippen LogP contribution in [0.1, 0.15) is 0 Å². The molecule has 0 bridgehead atoms. The average Bonchev–Trinajstić information content (AvgIpc) is 2.67. The SMILES string of the molecule is C1CN1.OCCN1CC1. The number of hydrogen-bond donors (Lipinski definition) is 2. The van der Waals surface area contributed by atoms with E-state index >= 15 is 0 Å². The van der Waals surface area contributed by atoms with Gasteiger partial charge in [-0.3, -0.25) is 4.90 Å². The van der Waals surface area contributed by atoms with Crippen molar-refractivity contribution in [1.82, 2.24) is 10.2 Å². The first-order valence-electron chi connectivity index (χ1n) is 3.47. The molecule has 0 unspecified atom stereocenters. The highest BCUT2D eigenvalue weighted by atomic mass is 16.3. The second-order valence-electron chi connectivity index (χ2n) is 2.32. The van der Waals surface area contributed by atoms with Crippen molar-refractivity contribution in [3.8, 4) is 0 Å². The van der Waals surface area contributed by atoms with Gasteiger partial charge in [0.25, 0.3) is 0 Å². The fourth-order valence-corrected chi connectivity index (χ4v) is 0.436. The number of β-amino-alcohol motifs (C(OH)–C–C–N with tert-alkyl or cyclic N) is 1. The summed E-state index contributed by atoms with van der Waals surface area (Å²) < 4.78 is 0. The Labute approximate surface area is 55.7 Å². The molecule has 3 nitrogen and oxygen atoms in total. The summed E-state index contributed by atoms with van der Waals surface area (Å²) in [6.07, 6.45) is 0. The van der Waals surface area contributed by atoms with Gasteiger partial charge in [0, 0.05) is 32.7 Å². The van der Waals surface area contributed by atoms with Crippen LogP contribution in [0.15, 0.2) is 0 Å². The van der Waals surface area contributed by atoms with Crippen molar-refractivity contribution in [3.05, 3.63) is 0 Å². The van der Waals surface area contributed by atoms with E-state index in [9.17, 15) is 0 Å². The van der Waals surface area contributed by atoms with Crippen LogP contribution >= 0.6 is 0 Å². The Morgan fingerprint density at radius 3 is 2.00 bits per heavy atom. The van der Waals surface area contributed by atoms with Crippen LogP contribution in [0, 0.1) is 0 Å². The zero-order chi connectivity index (χ0) is 6.53. The van der Waals surface area contributed by atoms with E-state index in [1.54, 1.807) is 0 Å². The molecule has 0 amide bonds. The number of aliphatic hydroxyl groups excluding tert-OH is 1. The van der Waals surface area contributed by atoms with Crippen LogP contribution in [0.2, 0.25) is 0 Å². The van der Waals surface area contributed by atoms with Crippen LogP contribution in [0.3, 0.4) is 0 Å². The lowest BCUT2D eigenvalue weighted by molar-refractivity contribution is 0.271. The van der Waals surface area contributed by atoms with Crippen LogP contribution in [0.4, 0.5) is 0 Å². The summed E-state index contributed by atoms with van der Waals surface area (Å²) in [4.78, 5) is 2.18. The van der Waals surface area contributed by atoms with E-state index in [0.717, 1.165) is 6.54 Å². The molecule has 0 aliphatic carbocycles. The largest absolute Gasteiger partial charge is 0.395 e. The summed E-state index contributed by atoms with van der Waals surface area (Å²) in [5.74, 6) is 0. The molecule has 2 aliphatic heterocycles. The molecular weight excluding hydrogens is 116 g/mol. The molecule has 3 heteroatoms. The van der Waals surface area contributed by atoms with Gasteiger partial charge in [-0.25, -0.2) is 0 Å². The maximum absolute atomic E-state index is 8.24. The van der Waals surface area contributed by atoms with Crippen molar-refractivity contribution in [2.45, 2.75) is 0 Å². The third-order valence-electron chi connectivity index (χ3n) is 1.21. The number of rotatable bonds is 2. The van der Waals surface area contributed by atoms with Gasteiger partial charge in [-0.15, -0.1) is 0 Å².